The molecule has 2 aromatic rings. The summed E-state index contributed by atoms with van der Waals surface area (Å²) in [5.74, 6) is -2.00. The van der Waals surface area contributed by atoms with Crippen molar-refractivity contribution in [2.24, 2.45) is 16.5 Å². The smallest absolute Gasteiger partial charge is 0.309 e. The number of nitroso groups, excluding NO2 is 1. The van der Waals surface area contributed by atoms with Gasteiger partial charge in [0.1, 0.15) is 11.5 Å². The van der Waals surface area contributed by atoms with Gasteiger partial charge in [0.25, 0.3) is 0 Å². The van der Waals surface area contributed by atoms with Crippen LogP contribution in [-0.2, 0) is 16.0 Å². The molecule has 6 nitrogen and oxygen atoms in total. The molecule has 2 aliphatic carbocycles. The van der Waals surface area contributed by atoms with E-state index in [1.807, 2.05) is 0 Å². The van der Waals surface area contributed by atoms with Gasteiger partial charge in [-0.25, -0.2) is 4.39 Å². The van der Waals surface area contributed by atoms with Gasteiger partial charge in [-0.2, -0.15) is 0 Å². The summed E-state index contributed by atoms with van der Waals surface area (Å²) in [5.41, 5.74) is 1.06. The van der Waals surface area contributed by atoms with E-state index in [2.05, 4.69) is 10.5 Å². The molecule has 0 heterocycles. The first-order valence-electron chi connectivity index (χ1n) is 10.7. The summed E-state index contributed by atoms with van der Waals surface area (Å²) in [5, 5.41) is 15.1. The van der Waals surface area contributed by atoms with Crippen molar-refractivity contribution in [3.63, 3.8) is 0 Å². The van der Waals surface area contributed by atoms with Crippen LogP contribution in [0.5, 0.6) is 0 Å². The van der Waals surface area contributed by atoms with Crippen LogP contribution in [-0.4, -0.2) is 17.0 Å². The van der Waals surface area contributed by atoms with Gasteiger partial charge in [0.05, 0.1) is 17.0 Å². The number of benzene rings is 2. The number of anilines is 1. The molecule has 162 valence electrons. The zero-order chi connectivity index (χ0) is 22.0. The van der Waals surface area contributed by atoms with Crippen LogP contribution in [0, 0.1) is 22.1 Å². The maximum Gasteiger partial charge on any atom is 0.309 e. The lowest BCUT2D eigenvalue weighted by Crippen LogP contribution is -2.27. The fourth-order valence-corrected chi connectivity index (χ4v) is 4.67. The predicted octanol–water partition coefficient (Wildman–Crippen LogP) is 5.54. The number of carboxylic acid groups (broad SMARTS) is 1. The highest BCUT2D eigenvalue weighted by atomic mass is 19.1. The van der Waals surface area contributed by atoms with Crippen LogP contribution >= 0.6 is 0 Å². The summed E-state index contributed by atoms with van der Waals surface area (Å²) in [4.78, 5) is 35.5. The van der Waals surface area contributed by atoms with Gasteiger partial charge < -0.3 is 10.4 Å². The third kappa shape index (κ3) is 4.50. The number of halogens is 1. The molecule has 0 saturated heterocycles. The fraction of sp³-hybridized carbons (Fsp3) is 0.417. The number of amides is 1. The number of carboxylic acids is 1. The Morgan fingerprint density at radius 2 is 1.81 bits per heavy atom. The van der Waals surface area contributed by atoms with Gasteiger partial charge in [-0.3, -0.25) is 9.59 Å². The topological polar surface area (TPSA) is 95.8 Å². The summed E-state index contributed by atoms with van der Waals surface area (Å²) in [7, 11) is 0. The predicted molar refractivity (Wildman–Crippen MR) is 115 cm³/mol. The number of carbonyl (C=O) groups excluding carboxylic acids is 1. The van der Waals surface area contributed by atoms with Crippen LogP contribution in [0.25, 0.3) is 0 Å². The van der Waals surface area contributed by atoms with E-state index in [9.17, 15) is 24.0 Å². The van der Waals surface area contributed by atoms with Crippen LogP contribution in [0.3, 0.4) is 0 Å². The van der Waals surface area contributed by atoms with Gasteiger partial charge in [-0.1, -0.05) is 31.0 Å². The molecule has 31 heavy (non-hydrogen) atoms. The Hall–Kier alpha value is -3.09. The lowest BCUT2D eigenvalue weighted by molar-refractivity contribution is -0.143. The molecule has 2 N–H and O–H groups in total. The van der Waals surface area contributed by atoms with Crippen molar-refractivity contribution in [1.82, 2.24) is 0 Å². The molecule has 1 amide bonds. The first-order chi connectivity index (χ1) is 14.9. The van der Waals surface area contributed by atoms with E-state index in [1.54, 1.807) is 36.4 Å². The van der Waals surface area contributed by atoms with E-state index in [4.69, 9.17) is 0 Å². The Bertz CT molecular complexity index is 995. The van der Waals surface area contributed by atoms with E-state index < -0.39 is 23.1 Å². The van der Waals surface area contributed by atoms with E-state index in [0.29, 0.717) is 30.5 Å². The maximum atomic E-state index is 14.5. The summed E-state index contributed by atoms with van der Waals surface area (Å²) in [6, 6.07) is 11.0. The van der Waals surface area contributed by atoms with Crippen LogP contribution < -0.4 is 5.32 Å². The Morgan fingerprint density at radius 1 is 1.13 bits per heavy atom. The standard InChI is InChI=1S/C24H25FN2O4/c25-19-10-5-15(14-24(11-12-24)23(29)30)13-20(19)26-22(28)21(16-3-1-2-4-16)17-6-8-18(27-31)9-7-17/h5-10,13,16,21H,1-4,11-12,14H2,(H,26,28)(H,29,30). The van der Waals surface area contributed by atoms with Crippen molar-refractivity contribution in [1.29, 1.82) is 0 Å². The van der Waals surface area contributed by atoms with E-state index in [1.165, 1.54) is 6.07 Å². The van der Waals surface area contributed by atoms with Crippen molar-refractivity contribution in [3.05, 3.63) is 64.3 Å². The molecular formula is C24H25FN2O4. The summed E-state index contributed by atoms with van der Waals surface area (Å²) >= 11 is 0. The molecule has 0 aromatic heterocycles. The zero-order valence-electron chi connectivity index (χ0n) is 17.1. The van der Waals surface area contributed by atoms with Crippen molar-refractivity contribution >= 4 is 23.3 Å². The Balaban J connectivity index is 1.57. The monoisotopic (exact) mass is 424 g/mol. The van der Waals surface area contributed by atoms with Gasteiger partial charge in [0.2, 0.25) is 5.91 Å². The molecule has 2 aromatic carbocycles. The molecule has 0 aliphatic heterocycles. The third-order valence-electron chi connectivity index (χ3n) is 6.65. The Morgan fingerprint density at radius 3 is 2.39 bits per heavy atom. The van der Waals surface area contributed by atoms with Crippen molar-refractivity contribution in [3.8, 4) is 0 Å². The molecular weight excluding hydrogens is 399 g/mol. The quantitative estimate of drug-likeness (QED) is 0.544. The minimum absolute atomic E-state index is 0.0675. The van der Waals surface area contributed by atoms with Crippen LogP contribution in [0.15, 0.2) is 47.6 Å². The number of carbonyl (C=O) groups is 2. The second-order valence-electron chi connectivity index (χ2n) is 8.77. The van der Waals surface area contributed by atoms with Crippen LogP contribution in [0.2, 0.25) is 0 Å². The highest BCUT2D eigenvalue weighted by Gasteiger charge is 2.50. The molecule has 1 unspecified atom stereocenters. The SMILES string of the molecule is O=Nc1ccc(C(C(=O)Nc2cc(CC3(C(=O)O)CC3)ccc2F)C2CCCC2)cc1. The summed E-state index contributed by atoms with van der Waals surface area (Å²) < 4.78 is 14.5. The van der Waals surface area contributed by atoms with Gasteiger partial charge in [-0.15, -0.1) is 4.91 Å². The average molecular weight is 424 g/mol. The number of nitrogens with zero attached hydrogens (tertiary/aromatic N) is 1. The number of rotatable bonds is 8. The molecule has 2 fully saturated rings. The Kier molecular flexibility index (Phi) is 5.85. The lowest BCUT2D eigenvalue weighted by atomic mass is 9.84. The largest absolute Gasteiger partial charge is 0.481 e. The number of aliphatic carboxylic acids is 1. The molecule has 2 saturated carbocycles. The highest BCUT2D eigenvalue weighted by molar-refractivity contribution is 5.96. The number of hydrogen-bond donors (Lipinski definition) is 2. The molecule has 0 radical (unpaired) electrons. The first-order valence-corrected chi connectivity index (χ1v) is 10.7. The molecule has 1 atom stereocenters. The first kappa shape index (κ1) is 21.2. The van der Waals surface area contributed by atoms with E-state index in [-0.39, 0.29) is 17.5 Å². The minimum atomic E-state index is -0.836. The van der Waals surface area contributed by atoms with Gasteiger partial charge >= 0.3 is 5.97 Å². The summed E-state index contributed by atoms with van der Waals surface area (Å²) in [6.45, 7) is 0. The molecule has 2 aliphatic rings. The summed E-state index contributed by atoms with van der Waals surface area (Å²) in [6.07, 6.45) is 5.45. The molecule has 0 bridgehead atoms. The van der Waals surface area contributed by atoms with Crippen LogP contribution in [0.1, 0.15) is 55.6 Å². The minimum Gasteiger partial charge on any atom is -0.481 e. The zero-order valence-corrected chi connectivity index (χ0v) is 17.1. The van der Waals surface area contributed by atoms with Crippen molar-refractivity contribution < 1.29 is 19.1 Å². The molecule has 7 heteroatoms. The normalized spacial score (nSPS) is 18.4. The van der Waals surface area contributed by atoms with E-state index in [0.717, 1.165) is 31.2 Å². The second-order valence-corrected chi connectivity index (χ2v) is 8.77. The second kappa shape index (κ2) is 8.57. The fourth-order valence-electron chi connectivity index (χ4n) is 4.67. The number of hydrogen-bond acceptors (Lipinski definition) is 4. The highest BCUT2D eigenvalue weighted by Crippen LogP contribution is 2.49. The Labute approximate surface area is 179 Å². The van der Waals surface area contributed by atoms with E-state index >= 15 is 0 Å². The third-order valence-corrected chi connectivity index (χ3v) is 6.65. The maximum absolute atomic E-state index is 14.5. The van der Waals surface area contributed by atoms with Crippen molar-refractivity contribution in [2.75, 3.05) is 5.32 Å². The van der Waals surface area contributed by atoms with Crippen molar-refractivity contribution in [2.45, 2.75) is 50.9 Å². The average Bonchev–Trinajstić information content (AvgIpc) is 3.35. The molecule has 4 rings (SSSR count). The number of nitrogens with one attached hydrogen (secondary N) is 1. The molecule has 0 spiro atoms. The van der Waals surface area contributed by atoms with Crippen LogP contribution in [0.4, 0.5) is 15.8 Å². The van der Waals surface area contributed by atoms with Gasteiger partial charge in [-0.05, 0) is 78.6 Å². The lowest BCUT2D eigenvalue weighted by Gasteiger charge is -2.23. The van der Waals surface area contributed by atoms with Gasteiger partial charge in [0.15, 0.2) is 0 Å². The van der Waals surface area contributed by atoms with Gasteiger partial charge in [0, 0.05) is 0 Å².